The lowest BCUT2D eigenvalue weighted by Crippen LogP contribution is -2.41. The van der Waals surface area contributed by atoms with E-state index in [9.17, 15) is 14.7 Å². The number of aromatic nitrogens is 1. The molecule has 0 aliphatic heterocycles. The summed E-state index contributed by atoms with van der Waals surface area (Å²) in [5, 5.41) is 13.9. The van der Waals surface area contributed by atoms with E-state index in [4.69, 9.17) is 32.7 Å². The third-order valence-electron chi connectivity index (χ3n) is 5.90. The van der Waals surface area contributed by atoms with Crippen LogP contribution in [0.2, 0.25) is 10.0 Å². The van der Waals surface area contributed by atoms with E-state index in [0.29, 0.717) is 10.0 Å². The first kappa shape index (κ1) is 27.3. The number of nitrogens with zero attached hydrogens (tertiary/aromatic N) is 1. The Hall–Kier alpha value is -3.29. The molecule has 2 N–H and O–H groups in total. The smallest absolute Gasteiger partial charge is 0.328 e. The predicted molar refractivity (Wildman–Crippen MR) is 139 cm³/mol. The quantitative estimate of drug-likeness (QED) is 0.367. The predicted octanol–water partition coefficient (Wildman–Crippen LogP) is 5.60. The normalized spacial score (nSPS) is 12.7. The molecule has 2 aromatic carbocycles. The number of methoxy groups -OCH3 is 1. The lowest BCUT2D eigenvalue weighted by atomic mass is 9.86. The number of rotatable bonds is 8. The molecule has 9 heteroatoms. The summed E-state index contributed by atoms with van der Waals surface area (Å²) in [5.41, 5.74) is 3.30. The average molecular weight is 531 g/mol. The molecule has 1 heterocycles. The zero-order valence-electron chi connectivity index (χ0n) is 20.6. The number of hydrogen-bond donors (Lipinski definition) is 2. The Bertz CT molecular complexity index is 1230. The second-order valence-corrected chi connectivity index (χ2v) is 9.36. The van der Waals surface area contributed by atoms with Crippen LogP contribution in [0.5, 0.6) is 11.5 Å². The van der Waals surface area contributed by atoms with Gasteiger partial charge in [0.2, 0.25) is 0 Å². The van der Waals surface area contributed by atoms with Crippen molar-refractivity contribution in [3.63, 3.8) is 0 Å². The van der Waals surface area contributed by atoms with Crippen LogP contribution in [0.25, 0.3) is 0 Å². The first-order chi connectivity index (χ1) is 17.0. The Labute approximate surface area is 220 Å². The first-order valence-corrected chi connectivity index (χ1v) is 12.0. The minimum atomic E-state index is -1.02. The van der Waals surface area contributed by atoms with Gasteiger partial charge in [-0.05, 0) is 62.1 Å². The van der Waals surface area contributed by atoms with Gasteiger partial charge in [0.25, 0.3) is 5.91 Å². The molecule has 0 aliphatic rings. The Morgan fingerprint density at radius 3 is 2.03 bits per heavy atom. The number of amides is 1. The third-order valence-corrected chi connectivity index (χ3v) is 6.72. The van der Waals surface area contributed by atoms with Gasteiger partial charge in [0.1, 0.15) is 12.1 Å². The highest BCUT2D eigenvalue weighted by molar-refractivity contribution is 6.31. The van der Waals surface area contributed by atoms with Gasteiger partial charge in [-0.15, -0.1) is 0 Å². The maximum atomic E-state index is 12.9. The van der Waals surface area contributed by atoms with Crippen molar-refractivity contribution in [3.05, 3.63) is 86.7 Å². The van der Waals surface area contributed by atoms with E-state index in [0.717, 1.165) is 22.3 Å². The molecule has 0 saturated heterocycles. The minimum absolute atomic E-state index is 0.0929. The zero-order valence-corrected chi connectivity index (χ0v) is 22.1. The number of carbonyl (C=O) groups is 2. The number of nitrogens with one attached hydrogen (secondary N) is 1. The van der Waals surface area contributed by atoms with Crippen LogP contribution < -0.4 is 10.1 Å². The number of pyridine rings is 1. The molecule has 0 bridgehead atoms. The van der Waals surface area contributed by atoms with E-state index in [2.05, 4.69) is 10.3 Å². The number of aryl methyl sites for hydroxylation is 2. The third kappa shape index (κ3) is 6.09. The first-order valence-electron chi connectivity index (χ1n) is 11.3. The summed E-state index contributed by atoms with van der Waals surface area (Å²) < 4.78 is 10.8. The van der Waals surface area contributed by atoms with E-state index < -0.39 is 29.8 Å². The second-order valence-electron chi connectivity index (χ2n) is 8.54. The number of aromatic hydroxyl groups is 1. The highest BCUT2D eigenvalue weighted by Crippen LogP contribution is 2.34. The topological polar surface area (TPSA) is 97.8 Å². The standard InChI is InChI=1S/C27H28Cl2N2O5/c1-14-6-8-18(12-20(14)28)23(19-9-7-15(2)21(29)13-19)17(4)36-27(34)16(3)31-26(33)24-25(32)22(35-5)10-11-30-24/h6-13,16-17,23,32H,1-5H3,(H,31,33)/t16-,17-/m0/s1. The fourth-order valence-corrected chi connectivity index (χ4v) is 4.16. The maximum absolute atomic E-state index is 12.9. The van der Waals surface area contributed by atoms with E-state index in [-0.39, 0.29) is 17.4 Å². The van der Waals surface area contributed by atoms with E-state index in [1.165, 1.54) is 26.3 Å². The summed E-state index contributed by atoms with van der Waals surface area (Å²) in [6.07, 6.45) is 0.695. The van der Waals surface area contributed by atoms with Crippen LogP contribution in [0.3, 0.4) is 0 Å². The Morgan fingerprint density at radius 2 is 1.53 bits per heavy atom. The monoisotopic (exact) mass is 530 g/mol. The molecular formula is C27H28Cl2N2O5. The molecule has 190 valence electrons. The van der Waals surface area contributed by atoms with Gasteiger partial charge in [0.15, 0.2) is 17.2 Å². The van der Waals surface area contributed by atoms with Crippen LogP contribution in [0.1, 0.15) is 52.5 Å². The average Bonchev–Trinajstić information content (AvgIpc) is 2.83. The summed E-state index contributed by atoms with van der Waals surface area (Å²) in [5.74, 6) is -2.08. The van der Waals surface area contributed by atoms with Gasteiger partial charge in [0.05, 0.1) is 7.11 Å². The van der Waals surface area contributed by atoms with Gasteiger partial charge in [-0.25, -0.2) is 9.78 Å². The number of halogens is 2. The molecule has 3 rings (SSSR count). The van der Waals surface area contributed by atoms with Crippen molar-refractivity contribution in [3.8, 4) is 11.5 Å². The van der Waals surface area contributed by atoms with Gasteiger partial charge in [-0.2, -0.15) is 0 Å². The number of benzene rings is 2. The zero-order chi connectivity index (χ0) is 26.6. The Morgan fingerprint density at radius 1 is 0.972 bits per heavy atom. The molecule has 0 unspecified atom stereocenters. The fourth-order valence-electron chi connectivity index (χ4n) is 3.78. The fraction of sp³-hybridized carbons (Fsp3) is 0.296. The summed E-state index contributed by atoms with van der Waals surface area (Å²) in [4.78, 5) is 29.4. The lowest BCUT2D eigenvalue weighted by Gasteiger charge is -2.27. The molecule has 36 heavy (non-hydrogen) atoms. The van der Waals surface area contributed by atoms with Crippen molar-refractivity contribution in [2.75, 3.05) is 7.11 Å². The van der Waals surface area contributed by atoms with E-state index >= 15 is 0 Å². The van der Waals surface area contributed by atoms with Crippen molar-refractivity contribution in [1.29, 1.82) is 0 Å². The molecule has 0 saturated carbocycles. The van der Waals surface area contributed by atoms with Gasteiger partial charge in [-0.1, -0.05) is 47.5 Å². The van der Waals surface area contributed by atoms with Crippen LogP contribution in [-0.2, 0) is 9.53 Å². The van der Waals surface area contributed by atoms with E-state index in [1.807, 2.05) is 50.2 Å². The van der Waals surface area contributed by atoms with Crippen molar-refractivity contribution in [1.82, 2.24) is 10.3 Å². The van der Waals surface area contributed by atoms with Crippen molar-refractivity contribution >= 4 is 35.1 Å². The number of carbonyl (C=O) groups excluding carboxylic acids is 2. The molecule has 0 spiro atoms. The van der Waals surface area contributed by atoms with Crippen LogP contribution in [-0.4, -0.2) is 41.2 Å². The molecule has 0 fully saturated rings. The summed E-state index contributed by atoms with van der Waals surface area (Å²) in [6.45, 7) is 7.08. The maximum Gasteiger partial charge on any atom is 0.328 e. The molecule has 0 aliphatic carbocycles. The van der Waals surface area contributed by atoms with Crippen LogP contribution in [0.4, 0.5) is 0 Å². The largest absolute Gasteiger partial charge is 0.503 e. The minimum Gasteiger partial charge on any atom is -0.503 e. The highest BCUT2D eigenvalue weighted by atomic mass is 35.5. The van der Waals surface area contributed by atoms with E-state index in [1.54, 1.807) is 6.92 Å². The number of esters is 1. The summed E-state index contributed by atoms with van der Waals surface area (Å²) in [7, 11) is 1.36. The summed E-state index contributed by atoms with van der Waals surface area (Å²) >= 11 is 12.8. The van der Waals surface area contributed by atoms with Crippen LogP contribution in [0.15, 0.2) is 48.7 Å². The van der Waals surface area contributed by atoms with Gasteiger partial charge in [0, 0.05) is 28.2 Å². The second kappa shape index (κ2) is 11.6. The number of hydrogen-bond acceptors (Lipinski definition) is 6. The molecule has 3 aromatic rings. The molecule has 7 nitrogen and oxygen atoms in total. The van der Waals surface area contributed by atoms with Crippen LogP contribution in [0, 0.1) is 13.8 Å². The SMILES string of the molecule is COc1ccnc(C(=O)N[C@@H](C)C(=O)O[C@@H](C)C(c2ccc(C)c(Cl)c2)c2ccc(C)c(Cl)c2)c1O. The highest BCUT2D eigenvalue weighted by Gasteiger charge is 2.29. The van der Waals surface area contributed by atoms with Crippen LogP contribution >= 0.6 is 23.2 Å². The molecule has 1 amide bonds. The van der Waals surface area contributed by atoms with Crippen molar-refractivity contribution < 1.29 is 24.2 Å². The molecule has 1 aromatic heterocycles. The Kier molecular flexibility index (Phi) is 8.82. The van der Waals surface area contributed by atoms with Crippen molar-refractivity contribution in [2.24, 2.45) is 0 Å². The summed E-state index contributed by atoms with van der Waals surface area (Å²) in [6, 6.07) is 11.8. The molecule has 2 atom stereocenters. The Balaban J connectivity index is 1.82. The van der Waals surface area contributed by atoms with Gasteiger partial charge >= 0.3 is 5.97 Å². The van der Waals surface area contributed by atoms with Gasteiger partial charge in [-0.3, -0.25) is 4.79 Å². The molecule has 0 radical (unpaired) electrons. The van der Waals surface area contributed by atoms with Crippen molar-refractivity contribution in [2.45, 2.75) is 45.8 Å². The number of ether oxygens (including phenoxy) is 2. The lowest BCUT2D eigenvalue weighted by molar-refractivity contribution is -0.150. The molecular weight excluding hydrogens is 503 g/mol. The van der Waals surface area contributed by atoms with Gasteiger partial charge < -0.3 is 19.9 Å².